The van der Waals surface area contributed by atoms with Crippen molar-refractivity contribution in [1.82, 2.24) is 9.78 Å². The van der Waals surface area contributed by atoms with E-state index >= 15 is 0 Å². The van der Waals surface area contributed by atoms with Crippen molar-refractivity contribution < 1.29 is 4.74 Å². The molecule has 0 aliphatic heterocycles. The van der Waals surface area contributed by atoms with Crippen LogP contribution in [0.1, 0.15) is 27.9 Å². The molecule has 2 aromatic rings. The number of nitrogens with two attached hydrogens (primary N) is 1. The molecule has 1 heterocycles. The number of aromatic nitrogens is 2. The van der Waals surface area contributed by atoms with Crippen molar-refractivity contribution in [2.45, 2.75) is 34.1 Å². The fourth-order valence-corrected chi connectivity index (χ4v) is 2.42. The molecule has 4 nitrogen and oxygen atoms in total. The predicted octanol–water partition coefficient (Wildman–Crippen LogP) is 2.95. The third-order valence-electron chi connectivity index (χ3n) is 3.76. The van der Waals surface area contributed by atoms with Crippen LogP contribution in [0.25, 0.3) is 0 Å². The van der Waals surface area contributed by atoms with Crippen LogP contribution in [-0.4, -0.2) is 16.3 Å². The van der Waals surface area contributed by atoms with Crippen LogP contribution in [0, 0.1) is 27.7 Å². The van der Waals surface area contributed by atoms with Crippen molar-refractivity contribution in [1.29, 1.82) is 0 Å². The Labute approximate surface area is 120 Å². The van der Waals surface area contributed by atoms with Crippen molar-refractivity contribution in [3.8, 4) is 11.6 Å². The third kappa shape index (κ3) is 2.56. The molecule has 0 aliphatic rings. The van der Waals surface area contributed by atoms with Gasteiger partial charge in [0.25, 0.3) is 0 Å². The van der Waals surface area contributed by atoms with E-state index in [0.717, 1.165) is 34.9 Å². The van der Waals surface area contributed by atoms with Gasteiger partial charge in [-0.3, -0.25) is 0 Å². The summed E-state index contributed by atoms with van der Waals surface area (Å²) >= 11 is 0. The number of rotatable bonds is 4. The molecular formula is C16H23N3O. The zero-order chi connectivity index (χ0) is 14.9. The van der Waals surface area contributed by atoms with Crippen molar-refractivity contribution >= 4 is 0 Å². The van der Waals surface area contributed by atoms with Crippen molar-refractivity contribution in [2.75, 3.05) is 6.54 Å². The Hall–Kier alpha value is -1.81. The lowest BCUT2D eigenvalue weighted by Crippen LogP contribution is -2.05. The molecule has 0 fully saturated rings. The van der Waals surface area contributed by atoms with Gasteiger partial charge in [0.2, 0.25) is 5.88 Å². The van der Waals surface area contributed by atoms with Crippen molar-refractivity contribution in [2.24, 2.45) is 12.8 Å². The van der Waals surface area contributed by atoms with Gasteiger partial charge in [-0.05, 0) is 57.4 Å². The summed E-state index contributed by atoms with van der Waals surface area (Å²) in [5.74, 6) is 1.72. The molecule has 0 unspecified atom stereocenters. The van der Waals surface area contributed by atoms with E-state index in [0.29, 0.717) is 6.54 Å². The van der Waals surface area contributed by atoms with E-state index in [1.807, 2.05) is 14.0 Å². The molecule has 0 atom stereocenters. The van der Waals surface area contributed by atoms with Crippen LogP contribution in [-0.2, 0) is 13.5 Å². The largest absolute Gasteiger partial charge is 0.438 e. The minimum Gasteiger partial charge on any atom is -0.438 e. The first-order valence-electron chi connectivity index (χ1n) is 6.93. The summed E-state index contributed by atoms with van der Waals surface area (Å²) in [6.07, 6.45) is 0.777. The van der Waals surface area contributed by atoms with Gasteiger partial charge in [-0.1, -0.05) is 12.1 Å². The van der Waals surface area contributed by atoms with Crippen molar-refractivity contribution in [3.63, 3.8) is 0 Å². The van der Waals surface area contributed by atoms with Gasteiger partial charge in [0.1, 0.15) is 5.75 Å². The lowest BCUT2D eigenvalue weighted by Gasteiger charge is -2.15. The number of benzene rings is 1. The number of hydrogen-bond acceptors (Lipinski definition) is 3. The summed E-state index contributed by atoms with van der Waals surface area (Å²) in [6.45, 7) is 8.83. The number of nitrogens with zero attached hydrogens (tertiary/aromatic N) is 2. The van der Waals surface area contributed by atoms with E-state index in [1.54, 1.807) is 4.68 Å². The molecule has 0 aliphatic carbocycles. The quantitative estimate of drug-likeness (QED) is 0.931. The average Bonchev–Trinajstić information content (AvgIpc) is 2.66. The maximum atomic E-state index is 6.20. The van der Waals surface area contributed by atoms with E-state index in [-0.39, 0.29) is 0 Å². The summed E-state index contributed by atoms with van der Waals surface area (Å²) < 4.78 is 7.99. The van der Waals surface area contributed by atoms with Gasteiger partial charge in [-0.15, -0.1) is 0 Å². The average molecular weight is 273 g/mol. The highest BCUT2D eigenvalue weighted by Gasteiger charge is 2.17. The van der Waals surface area contributed by atoms with Crippen LogP contribution in [0.15, 0.2) is 12.1 Å². The van der Waals surface area contributed by atoms with Crippen LogP contribution >= 0.6 is 0 Å². The Bertz CT molecular complexity index is 629. The summed E-state index contributed by atoms with van der Waals surface area (Å²) in [6, 6.07) is 4.20. The van der Waals surface area contributed by atoms with E-state index in [9.17, 15) is 0 Å². The van der Waals surface area contributed by atoms with Gasteiger partial charge in [-0.2, -0.15) is 5.10 Å². The zero-order valence-corrected chi connectivity index (χ0v) is 12.9. The van der Waals surface area contributed by atoms with E-state index in [4.69, 9.17) is 10.5 Å². The molecule has 4 heteroatoms. The molecule has 2 rings (SSSR count). The molecule has 0 bridgehead atoms. The predicted molar refractivity (Wildman–Crippen MR) is 81.4 cm³/mol. The molecule has 108 valence electrons. The van der Waals surface area contributed by atoms with Gasteiger partial charge < -0.3 is 10.5 Å². The van der Waals surface area contributed by atoms with Gasteiger partial charge in [-0.25, -0.2) is 4.68 Å². The minimum atomic E-state index is 0.592. The van der Waals surface area contributed by atoms with Crippen LogP contribution in [0.5, 0.6) is 11.6 Å². The van der Waals surface area contributed by atoms with E-state index in [1.165, 1.54) is 11.1 Å². The van der Waals surface area contributed by atoms with Crippen LogP contribution in [0.3, 0.4) is 0 Å². The van der Waals surface area contributed by atoms with Crippen LogP contribution < -0.4 is 10.5 Å². The molecule has 0 radical (unpaired) electrons. The molecule has 0 spiro atoms. The molecule has 2 N–H and O–H groups in total. The Morgan fingerprint density at radius 1 is 1.15 bits per heavy atom. The third-order valence-corrected chi connectivity index (χ3v) is 3.76. The maximum Gasteiger partial charge on any atom is 0.221 e. The Kier molecular flexibility index (Phi) is 4.14. The number of aryl methyl sites for hydroxylation is 4. The summed E-state index contributed by atoms with van der Waals surface area (Å²) in [7, 11) is 1.91. The number of hydrogen-bond donors (Lipinski definition) is 1. The monoisotopic (exact) mass is 273 g/mol. The summed E-state index contributed by atoms with van der Waals surface area (Å²) in [4.78, 5) is 0. The fraction of sp³-hybridized carbons (Fsp3) is 0.438. The standard InChI is InChI=1S/C16H23N3O/c1-10-6-7-11(2)15(12(10)3)20-16-14(8-9-17)13(4)18-19(16)5/h6-7H,8-9,17H2,1-5H3. The van der Waals surface area contributed by atoms with Crippen LogP contribution in [0.4, 0.5) is 0 Å². The van der Waals surface area contributed by atoms with E-state index < -0.39 is 0 Å². The van der Waals surface area contributed by atoms with Crippen molar-refractivity contribution in [3.05, 3.63) is 40.1 Å². The van der Waals surface area contributed by atoms with E-state index in [2.05, 4.69) is 38.0 Å². The molecule has 20 heavy (non-hydrogen) atoms. The van der Waals surface area contributed by atoms with Gasteiger partial charge >= 0.3 is 0 Å². The summed E-state index contributed by atoms with van der Waals surface area (Å²) in [5, 5.41) is 4.44. The van der Waals surface area contributed by atoms with Crippen LogP contribution in [0.2, 0.25) is 0 Å². The Morgan fingerprint density at radius 3 is 2.45 bits per heavy atom. The highest BCUT2D eigenvalue weighted by molar-refractivity contribution is 5.47. The zero-order valence-electron chi connectivity index (χ0n) is 12.9. The Balaban J connectivity index is 2.48. The molecule has 0 saturated heterocycles. The lowest BCUT2D eigenvalue weighted by atomic mass is 10.1. The molecule has 1 aromatic carbocycles. The highest BCUT2D eigenvalue weighted by atomic mass is 16.5. The fourth-order valence-electron chi connectivity index (χ4n) is 2.42. The molecule has 0 saturated carbocycles. The van der Waals surface area contributed by atoms with Gasteiger partial charge in [0.15, 0.2) is 0 Å². The Morgan fingerprint density at radius 2 is 1.80 bits per heavy atom. The normalized spacial score (nSPS) is 10.9. The second kappa shape index (κ2) is 5.67. The SMILES string of the molecule is Cc1ccc(C)c(Oc2c(CCN)c(C)nn2C)c1C. The molecule has 0 amide bonds. The van der Waals surface area contributed by atoms with Gasteiger partial charge in [0, 0.05) is 12.6 Å². The second-order valence-electron chi connectivity index (χ2n) is 5.29. The smallest absolute Gasteiger partial charge is 0.221 e. The maximum absolute atomic E-state index is 6.20. The summed E-state index contributed by atoms with van der Waals surface area (Å²) in [5.41, 5.74) is 11.3. The first-order valence-corrected chi connectivity index (χ1v) is 6.93. The highest BCUT2D eigenvalue weighted by Crippen LogP contribution is 2.33. The molecular weight excluding hydrogens is 250 g/mol. The molecule has 1 aromatic heterocycles. The topological polar surface area (TPSA) is 53.1 Å². The minimum absolute atomic E-state index is 0.592. The second-order valence-corrected chi connectivity index (χ2v) is 5.29. The lowest BCUT2D eigenvalue weighted by molar-refractivity contribution is 0.420. The first-order chi connectivity index (χ1) is 9.45. The number of ether oxygens (including phenoxy) is 1. The van der Waals surface area contributed by atoms with Gasteiger partial charge in [0.05, 0.1) is 5.69 Å². The first kappa shape index (κ1) is 14.6.